The molecule has 0 fully saturated rings. The van der Waals surface area contributed by atoms with Gasteiger partial charge in [-0.3, -0.25) is 4.90 Å². The summed E-state index contributed by atoms with van der Waals surface area (Å²) in [6, 6.07) is 8.16. The molecule has 0 radical (unpaired) electrons. The van der Waals surface area contributed by atoms with Gasteiger partial charge in [0.15, 0.2) is 0 Å². The molecule has 0 amide bonds. The van der Waals surface area contributed by atoms with Crippen molar-refractivity contribution >= 4 is 22.5 Å². The summed E-state index contributed by atoms with van der Waals surface area (Å²) in [4.78, 5) is 10.3. The highest BCUT2D eigenvalue weighted by molar-refractivity contribution is 6.31. The fraction of sp³-hybridized carbons (Fsp3) is 0.312. The lowest BCUT2D eigenvalue weighted by Crippen LogP contribution is -2.33. The summed E-state index contributed by atoms with van der Waals surface area (Å²) in [5.74, 6) is 1.12. The van der Waals surface area contributed by atoms with Gasteiger partial charge in [0.25, 0.3) is 0 Å². The minimum Gasteiger partial charge on any atom is -0.357 e. The van der Waals surface area contributed by atoms with Crippen molar-refractivity contribution in [1.82, 2.24) is 19.4 Å². The zero-order valence-electron chi connectivity index (χ0n) is 11.9. The monoisotopic (exact) mass is 300 g/mol. The smallest absolute Gasteiger partial charge is 0.105 e. The Hall–Kier alpha value is -1.78. The maximum Gasteiger partial charge on any atom is 0.105 e. The average Bonchev–Trinajstić information content (AvgIpc) is 3.02. The van der Waals surface area contributed by atoms with E-state index in [2.05, 4.69) is 32.4 Å². The molecule has 0 aliphatic carbocycles. The number of aromatic amines is 1. The van der Waals surface area contributed by atoms with Crippen molar-refractivity contribution in [3.63, 3.8) is 0 Å². The van der Waals surface area contributed by atoms with Gasteiger partial charge in [0, 0.05) is 54.0 Å². The van der Waals surface area contributed by atoms with Crippen molar-refractivity contribution in [2.24, 2.45) is 0 Å². The number of nitrogens with one attached hydrogen (secondary N) is 1. The van der Waals surface area contributed by atoms with E-state index in [-0.39, 0.29) is 0 Å². The Kier molecular flexibility index (Phi) is 3.01. The molecule has 0 atom stereocenters. The average molecular weight is 301 g/mol. The number of aryl methyl sites for hydroxylation is 1. The topological polar surface area (TPSA) is 36.9 Å². The van der Waals surface area contributed by atoms with Crippen LogP contribution in [0.25, 0.3) is 10.9 Å². The summed E-state index contributed by atoms with van der Waals surface area (Å²) in [7, 11) is 0. The quantitative estimate of drug-likeness (QED) is 0.788. The highest BCUT2D eigenvalue weighted by Crippen LogP contribution is 2.22. The molecule has 0 spiro atoms. The Balaban J connectivity index is 1.55. The molecule has 5 heteroatoms. The summed E-state index contributed by atoms with van der Waals surface area (Å²) in [6.45, 7) is 6.03. The number of H-pyrrole nitrogens is 1. The molecule has 0 bridgehead atoms. The molecule has 1 aromatic carbocycles. The molecule has 0 saturated carbocycles. The molecular weight excluding hydrogens is 284 g/mol. The molecule has 21 heavy (non-hydrogen) atoms. The lowest BCUT2D eigenvalue weighted by Gasteiger charge is -2.28. The van der Waals surface area contributed by atoms with Gasteiger partial charge in [0.05, 0.1) is 5.69 Å². The van der Waals surface area contributed by atoms with Crippen molar-refractivity contribution < 1.29 is 0 Å². The van der Waals surface area contributed by atoms with Gasteiger partial charge in [-0.25, -0.2) is 4.98 Å². The summed E-state index contributed by atoms with van der Waals surface area (Å²) in [5.41, 5.74) is 3.68. The van der Waals surface area contributed by atoms with Crippen LogP contribution in [0.15, 0.2) is 30.5 Å². The summed E-state index contributed by atoms with van der Waals surface area (Å²) < 4.78 is 2.31. The van der Waals surface area contributed by atoms with Crippen LogP contribution in [0.5, 0.6) is 0 Å². The van der Waals surface area contributed by atoms with Gasteiger partial charge >= 0.3 is 0 Å². The van der Waals surface area contributed by atoms with Gasteiger partial charge in [0.1, 0.15) is 5.82 Å². The first kappa shape index (κ1) is 12.9. The minimum atomic E-state index is 0.783. The van der Waals surface area contributed by atoms with Crippen LogP contribution in [0.2, 0.25) is 5.02 Å². The van der Waals surface area contributed by atoms with Gasteiger partial charge in [-0.15, -0.1) is 0 Å². The fourth-order valence-corrected chi connectivity index (χ4v) is 3.30. The lowest BCUT2D eigenvalue weighted by molar-refractivity contribution is 0.210. The Morgan fingerprint density at radius 3 is 3.10 bits per heavy atom. The second-order valence-corrected chi connectivity index (χ2v) is 6.12. The van der Waals surface area contributed by atoms with Crippen molar-refractivity contribution in [2.45, 2.75) is 26.6 Å². The van der Waals surface area contributed by atoms with Crippen LogP contribution in [0.3, 0.4) is 0 Å². The number of benzene rings is 1. The molecule has 4 nitrogen and oxygen atoms in total. The number of fused-ring (bicyclic) bond motifs is 2. The van der Waals surface area contributed by atoms with E-state index in [0.717, 1.165) is 42.5 Å². The first-order valence-corrected chi connectivity index (χ1v) is 7.57. The zero-order valence-corrected chi connectivity index (χ0v) is 12.7. The predicted octanol–water partition coefficient (Wildman–Crippen LogP) is 3.34. The molecule has 1 aliphatic rings. The standard InChI is InChI=1S/C16H17ClN4/c1-11-18-8-15-10-20(4-5-21(11)15)9-14-7-12-6-13(17)2-3-16(12)19-14/h2-3,6-8,19H,4-5,9-10H2,1H3. The number of halogens is 1. The van der Waals surface area contributed by atoms with Crippen molar-refractivity contribution in [3.8, 4) is 0 Å². The Bertz CT molecular complexity index is 802. The number of hydrogen-bond donors (Lipinski definition) is 1. The van der Waals surface area contributed by atoms with E-state index in [9.17, 15) is 0 Å². The molecule has 1 aliphatic heterocycles. The van der Waals surface area contributed by atoms with Crippen LogP contribution in [0, 0.1) is 6.92 Å². The van der Waals surface area contributed by atoms with Crippen LogP contribution in [-0.2, 0) is 19.6 Å². The molecule has 1 N–H and O–H groups in total. The SMILES string of the molecule is Cc1ncc2n1CCN(Cc1cc3cc(Cl)ccc3[nH]1)C2. The van der Waals surface area contributed by atoms with E-state index in [0.29, 0.717) is 0 Å². The van der Waals surface area contributed by atoms with E-state index in [1.54, 1.807) is 0 Å². The van der Waals surface area contributed by atoms with Crippen molar-refractivity contribution in [2.75, 3.05) is 6.54 Å². The lowest BCUT2D eigenvalue weighted by atomic mass is 10.2. The van der Waals surface area contributed by atoms with Crippen LogP contribution >= 0.6 is 11.6 Å². The fourth-order valence-electron chi connectivity index (χ4n) is 3.12. The molecular formula is C16H17ClN4. The van der Waals surface area contributed by atoms with Gasteiger partial charge < -0.3 is 9.55 Å². The summed E-state index contributed by atoms with van der Waals surface area (Å²) in [5, 5.41) is 1.96. The highest BCUT2D eigenvalue weighted by atomic mass is 35.5. The van der Waals surface area contributed by atoms with Crippen molar-refractivity contribution in [1.29, 1.82) is 0 Å². The third kappa shape index (κ3) is 2.34. The van der Waals surface area contributed by atoms with E-state index in [4.69, 9.17) is 11.6 Å². The van der Waals surface area contributed by atoms with E-state index >= 15 is 0 Å². The number of nitrogens with zero attached hydrogens (tertiary/aromatic N) is 3. The maximum atomic E-state index is 6.04. The Morgan fingerprint density at radius 1 is 1.29 bits per heavy atom. The summed E-state index contributed by atoms with van der Waals surface area (Å²) >= 11 is 6.04. The first-order chi connectivity index (χ1) is 10.2. The largest absolute Gasteiger partial charge is 0.357 e. The number of hydrogen-bond acceptors (Lipinski definition) is 2. The second kappa shape index (κ2) is 4.90. The van der Waals surface area contributed by atoms with Crippen LogP contribution in [0.1, 0.15) is 17.2 Å². The normalized spacial score (nSPS) is 15.5. The number of rotatable bonds is 2. The summed E-state index contributed by atoms with van der Waals surface area (Å²) in [6.07, 6.45) is 1.99. The molecule has 0 unspecified atom stereocenters. The molecule has 4 rings (SSSR count). The van der Waals surface area contributed by atoms with E-state index in [1.165, 1.54) is 16.8 Å². The van der Waals surface area contributed by atoms with Crippen LogP contribution in [0.4, 0.5) is 0 Å². The van der Waals surface area contributed by atoms with Crippen molar-refractivity contribution in [3.05, 3.63) is 52.7 Å². The predicted molar refractivity (Wildman–Crippen MR) is 84.4 cm³/mol. The van der Waals surface area contributed by atoms with Crippen LogP contribution < -0.4 is 0 Å². The van der Waals surface area contributed by atoms with E-state index in [1.807, 2.05) is 24.4 Å². The van der Waals surface area contributed by atoms with Gasteiger partial charge in [-0.2, -0.15) is 0 Å². The van der Waals surface area contributed by atoms with Gasteiger partial charge in [-0.1, -0.05) is 11.6 Å². The number of imidazole rings is 1. The molecule has 108 valence electrons. The third-order valence-corrected chi connectivity index (χ3v) is 4.43. The highest BCUT2D eigenvalue weighted by Gasteiger charge is 2.18. The van der Waals surface area contributed by atoms with E-state index < -0.39 is 0 Å². The van der Waals surface area contributed by atoms with Crippen LogP contribution in [-0.4, -0.2) is 26.0 Å². The third-order valence-electron chi connectivity index (χ3n) is 4.20. The van der Waals surface area contributed by atoms with Gasteiger partial charge in [0.2, 0.25) is 0 Å². The molecule has 3 aromatic rings. The molecule has 2 aromatic heterocycles. The Morgan fingerprint density at radius 2 is 2.19 bits per heavy atom. The minimum absolute atomic E-state index is 0.783. The molecule has 0 saturated heterocycles. The first-order valence-electron chi connectivity index (χ1n) is 7.19. The zero-order chi connectivity index (χ0) is 14.4. The second-order valence-electron chi connectivity index (χ2n) is 5.69. The molecule has 3 heterocycles. The number of aromatic nitrogens is 3. The maximum absolute atomic E-state index is 6.04. The van der Waals surface area contributed by atoms with Gasteiger partial charge in [-0.05, 0) is 31.2 Å². The Labute approximate surface area is 128 Å².